The van der Waals surface area contributed by atoms with Crippen molar-refractivity contribution >= 4 is 5.91 Å². The van der Waals surface area contributed by atoms with Gasteiger partial charge in [0.25, 0.3) is 0 Å². The lowest BCUT2D eigenvalue weighted by atomic mass is 9.81. The number of rotatable bonds is 10. The minimum absolute atomic E-state index is 0.310. The Balaban J connectivity index is 1.09. The maximum atomic E-state index is 13.3. The van der Waals surface area contributed by atoms with Crippen LogP contribution < -0.4 is 5.32 Å². The van der Waals surface area contributed by atoms with Crippen LogP contribution in [-0.4, -0.2) is 72.1 Å². The third kappa shape index (κ3) is 7.53. The minimum Gasteiger partial charge on any atom is -0.360 e. The molecule has 3 aromatic rings. The lowest BCUT2D eigenvalue weighted by Crippen LogP contribution is -2.49. The van der Waals surface area contributed by atoms with E-state index in [0.29, 0.717) is 24.2 Å². The SMILES string of the molecule is CN(Cc1ccccc1)Cc1cc(CC2CNCCC2CC(=O)N2CCN(Cc3ccccc3)CC2)no1. The molecule has 2 saturated heterocycles. The third-order valence-electron chi connectivity index (χ3n) is 7.98. The molecule has 2 unspecified atom stereocenters. The van der Waals surface area contributed by atoms with Crippen LogP contribution in [0.5, 0.6) is 0 Å². The number of aromatic nitrogens is 1. The van der Waals surface area contributed by atoms with Crippen LogP contribution in [0.1, 0.15) is 35.4 Å². The molecular weight excluding hydrogens is 474 g/mol. The fourth-order valence-corrected chi connectivity index (χ4v) is 5.85. The monoisotopic (exact) mass is 515 g/mol. The van der Waals surface area contributed by atoms with Gasteiger partial charge < -0.3 is 14.7 Å². The Bertz CT molecular complexity index is 1130. The zero-order chi connectivity index (χ0) is 26.2. The topological polar surface area (TPSA) is 64.9 Å². The first-order valence-corrected chi connectivity index (χ1v) is 14.0. The van der Waals surface area contributed by atoms with E-state index < -0.39 is 0 Å². The van der Waals surface area contributed by atoms with Crippen LogP contribution in [0, 0.1) is 11.8 Å². The number of carbonyl (C=O) groups excluding carboxylic acids is 1. The van der Waals surface area contributed by atoms with E-state index in [9.17, 15) is 4.79 Å². The first-order valence-electron chi connectivity index (χ1n) is 14.0. The van der Waals surface area contributed by atoms with Crippen LogP contribution in [0.2, 0.25) is 0 Å². The predicted octanol–water partition coefficient (Wildman–Crippen LogP) is 3.81. The molecule has 2 aromatic carbocycles. The molecule has 2 atom stereocenters. The lowest BCUT2D eigenvalue weighted by molar-refractivity contribution is -0.134. The fourth-order valence-electron chi connectivity index (χ4n) is 5.85. The highest BCUT2D eigenvalue weighted by Crippen LogP contribution is 2.27. The third-order valence-corrected chi connectivity index (χ3v) is 7.98. The maximum Gasteiger partial charge on any atom is 0.222 e. The summed E-state index contributed by atoms with van der Waals surface area (Å²) < 4.78 is 5.69. The molecule has 202 valence electrons. The van der Waals surface area contributed by atoms with Crippen molar-refractivity contribution in [1.82, 2.24) is 25.2 Å². The van der Waals surface area contributed by atoms with Crippen molar-refractivity contribution in [2.45, 2.75) is 38.9 Å². The van der Waals surface area contributed by atoms with E-state index in [-0.39, 0.29) is 0 Å². The highest BCUT2D eigenvalue weighted by atomic mass is 16.5. The molecule has 1 N–H and O–H groups in total. The van der Waals surface area contributed by atoms with Gasteiger partial charge in [0.05, 0.1) is 12.2 Å². The molecule has 2 aliphatic rings. The second kappa shape index (κ2) is 13.2. The first kappa shape index (κ1) is 26.6. The largest absolute Gasteiger partial charge is 0.360 e. The molecule has 0 bridgehead atoms. The molecule has 7 heteroatoms. The molecule has 3 heterocycles. The van der Waals surface area contributed by atoms with Crippen molar-refractivity contribution < 1.29 is 9.32 Å². The number of benzene rings is 2. The normalized spacial score (nSPS) is 20.6. The molecule has 7 nitrogen and oxygen atoms in total. The molecule has 0 aliphatic carbocycles. The van der Waals surface area contributed by atoms with Crippen LogP contribution in [0.15, 0.2) is 71.3 Å². The van der Waals surface area contributed by atoms with Gasteiger partial charge in [-0.25, -0.2) is 0 Å². The average Bonchev–Trinajstić information content (AvgIpc) is 3.37. The highest BCUT2D eigenvalue weighted by Gasteiger charge is 2.30. The molecule has 38 heavy (non-hydrogen) atoms. The summed E-state index contributed by atoms with van der Waals surface area (Å²) in [5, 5.41) is 7.92. The first-order chi connectivity index (χ1) is 18.6. The summed E-state index contributed by atoms with van der Waals surface area (Å²) in [6.45, 7) is 7.99. The molecule has 1 amide bonds. The van der Waals surface area contributed by atoms with E-state index in [1.54, 1.807) is 0 Å². The minimum atomic E-state index is 0.310. The van der Waals surface area contributed by atoms with Gasteiger partial charge >= 0.3 is 0 Å². The summed E-state index contributed by atoms with van der Waals surface area (Å²) in [6.07, 6.45) is 2.52. The standard InChI is InChI=1S/C31H41N5O2/c1-34(22-25-8-4-2-5-9-25)24-30-20-29(33-38-30)18-28-21-32-13-12-27(28)19-31(37)36-16-14-35(15-17-36)23-26-10-6-3-7-11-26/h2-11,20,27-28,32H,12-19,21-24H2,1H3. The van der Waals surface area contributed by atoms with Crippen LogP contribution in [0.4, 0.5) is 0 Å². The highest BCUT2D eigenvalue weighted by molar-refractivity contribution is 5.76. The van der Waals surface area contributed by atoms with E-state index in [1.807, 2.05) is 6.07 Å². The van der Waals surface area contributed by atoms with Gasteiger partial charge in [0, 0.05) is 51.8 Å². The fraction of sp³-hybridized carbons (Fsp3) is 0.484. The maximum absolute atomic E-state index is 13.3. The van der Waals surface area contributed by atoms with Crippen LogP contribution >= 0.6 is 0 Å². The zero-order valence-electron chi connectivity index (χ0n) is 22.6. The van der Waals surface area contributed by atoms with E-state index in [1.165, 1.54) is 11.1 Å². The van der Waals surface area contributed by atoms with Crippen LogP contribution in [-0.2, 0) is 30.8 Å². The van der Waals surface area contributed by atoms with Gasteiger partial charge in [0.1, 0.15) is 0 Å². The van der Waals surface area contributed by atoms with Gasteiger partial charge in [-0.05, 0) is 55.9 Å². The average molecular weight is 516 g/mol. The predicted molar refractivity (Wildman–Crippen MR) is 149 cm³/mol. The van der Waals surface area contributed by atoms with Crippen molar-refractivity contribution in [3.05, 3.63) is 89.3 Å². The number of amides is 1. The van der Waals surface area contributed by atoms with Gasteiger partial charge in [0.15, 0.2) is 5.76 Å². The van der Waals surface area contributed by atoms with Crippen molar-refractivity contribution in [2.75, 3.05) is 46.3 Å². The second-order valence-corrected chi connectivity index (χ2v) is 11.0. The Hall–Kier alpha value is -3.00. The Morgan fingerprint density at radius 1 is 0.974 bits per heavy atom. The van der Waals surface area contributed by atoms with E-state index >= 15 is 0 Å². The van der Waals surface area contributed by atoms with Crippen molar-refractivity contribution in [1.29, 1.82) is 0 Å². The zero-order valence-corrected chi connectivity index (χ0v) is 22.6. The Kier molecular flexibility index (Phi) is 9.23. The summed E-state index contributed by atoms with van der Waals surface area (Å²) >= 11 is 0. The lowest BCUT2D eigenvalue weighted by Gasteiger charge is -2.37. The Morgan fingerprint density at radius 3 is 2.42 bits per heavy atom. The van der Waals surface area contributed by atoms with Crippen LogP contribution in [0.25, 0.3) is 0 Å². The van der Waals surface area contributed by atoms with Crippen LogP contribution in [0.3, 0.4) is 0 Å². The summed E-state index contributed by atoms with van der Waals surface area (Å²) in [6, 6.07) is 23.2. The summed E-state index contributed by atoms with van der Waals surface area (Å²) in [5.41, 5.74) is 3.62. The molecule has 0 spiro atoms. The number of nitrogens with zero attached hydrogens (tertiary/aromatic N) is 4. The summed E-state index contributed by atoms with van der Waals surface area (Å²) in [7, 11) is 2.10. The Morgan fingerprint density at radius 2 is 1.68 bits per heavy atom. The van der Waals surface area contributed by atoms with Gasteiger partial charge in [0.2, 0.25) is 5.91 Å². The number of carbonyl (C=O) groups is 1. The number of nitrogens with one attached hydrogen (secondary N) is 1. The van der Waals surface area contributed by atoms with Gasteiger partial charge in [-0.1, -0.05) is 65.8 Å². The van der Waals surface area contributed by atoms with E-state index in [2.05, 4.69) is 92.9 Å². The molecular formula is C31H41N5O2. The molecule has 1 aromatic heterocycles. The second-order valence-electron chi connectivity index (χ2n) is 11.0. The quantitative estimate of drug-likeness (QED) is 0.443. The number of piperidine rings is 1. The molecule has 0 radical (unpaired) electrons. The molecule has 0 saturated carbocycles. The number of hydrogen-bond donors (Lipinski definition) is 1. The van der Waals surface area contributed by atoms with Crippen molar-refractivity contribution in [3.8, 4) is 0 Å². The van der Waals surface area contributed by atoms with Gasteiger partial charge in [-0.2, -0.15) is 0 Å². The molecule has 2 aliphatic heterocycles. The van der Waals surface area contributed by atoms with Crippen molar-refractivity contribution in [2.24, 2.45) is 11.8 Å². The summed E-state index contributed by atoms with van der Waals surface area (Å²) in [5.74, 6) is 1.98. The molecule has 2 fully saturated rings. The van der Waals surface area contributed by atoms with Gasteiger partial charge in [-0.3, -0.25) is 14.6 Å². The number of hydrogen-bond acceptors (Lipinski definition) is 6. The van der Waals surface area contributed by atoms with Gasteiger partial charge in [-0.15, -0.1) is 0 Å². The number of piperazine rings is 1. The Labute approximate surface area is 226 Å². The van der Waals surface area contributed by atoms with E-state index in [4.69, 9.17) is 4.52 Å². The van der Waals surface area contributed by atoms with Crippen molar-refractivity contribution in [3.63, 3.8) is 0 Å². The summed E-state index contributed by atoms with van der Waals surface area (Å²) in [4.78, 5) is 20.0. The van der Waals surface area contributed by atoms with E-state index in [0.717, 1.165) is 83.2 Å². The molecule has 5 rings (SSSR count). The smallest absolute Gasteiger partial charge is 0.222 e.